The summed E-state index contributed by atoms with van der Waals surface area (Å²) in [5.41, 5.74) is 4.49. The monoisotopic (exact) mass is 300 g/mol. The van der Waals surface area contributed by atoms with Gasteiger partial charge in [0.05, 0.1) is 5.69 Å². The predicted octanol–water partition coefficient (Wildman–Crippen LogP) is 3.93. The fourth-order valence-electron chi connectivity index (χ4n) is 2.89. The van der Waals surface area contributed by atoms with E-state index in [0.717, 1.165) is 34.5 Å². The van der Waals surface area contributed by atoms with Crippen LogP contribution in [0.15, 0.2) is 30.3 Å². The van der Waals surface area contributed by atoms with Gasteiger partial charge in [0.2, 0.25) is 0 Å². The van der Waals surface area contributed by atoms with Crippen LogP contribution in [0.2, 0.25) is 0 Å². The molecule has 0 aliphatic carbocycles. The first kappa shape index (κ1) is 14.1. The second-order valence-electron chi connectivity index (χ2n) is 5.58. The smallest absolute Gasteiger partial charge is 0.179 e. The molecule has 2 aromatic heterocycles. The van der Waals surface area contributed by atoms with Crippen molar-refractivity contribution >= 4 is 23.4 Å². The summed E-state index contributed by atoms with van der Waals surface area (Å²) >= 11 is 5.50. The van der Waals surface area contributed by atoms with E-state index in [2.05, 4.69) is 51.9 Å². The van der Waals surface area contributed by atoms with Crippen LogP contribution in [-0.2, 0) is 13.5 Å². The fraction of sp³-hybridized carbons (Fsp3) is 0.375. The van der Waals surface area contributed by atoms with Crippen LogP contribution in [0.1, 0.15) is 30.6 Å². The molecular weight excluding hydrogens is 280 g/mol. The Morgan fingerprint density at radius 3 is 2.71 bits per heavy atom. The Kier molecular flexibility index (Phi) is 3.68. The average Bonchev–Trinajstić information content (AvgIpc) is 2.95. The highest BCUT2D eigenvalue weighted by Crippen LogP contribution is 2.23. The third-order valence-corrected chi connectivity index (χ3v) is 4.30. The van der Waals surface area contributed by atoms with Gasteiger partial charge in [-0.2, -0.15) is 5.10 Å². The first-order valence-electron chi connectivity index (χ1n) is 7.25. The number of rotatable bonds is 4. The minimum absolute atomic E-state index is 0.334. The highest BCUT2D eigenvalue weighted by Gasteiger charge is 2.16. The number of H-pyrrole nitrogens is 1. The largest absolute Gasteiger partial charge is 0.328 e. The number of benzene rings is 1. The quantitative estimate of drug-likeness (QED) is 0.741. The first-order valence-corrected chi connectivity index (χ1v) is 7.66. The van der Waals surface area contributed by atoms with Gasteiger partial charge in [-0.3, -0.25) is 9.25 Å². The van der Waals surface area contributed by atoms with Gasteiger partial charge >= 0.3 is 0 Å². The van der Waals surface area contributed by atoms with E-state index in [1.165, 1.54) is 5.56 Å². The van der Waals surface area contributed by atoms with Crippen LogP contribution < -0.4 is 0 Å². The lowest BCUT2D eigenvalue weighted by atomic mass is 10.1. The van der Waals surface area contributed by atoms with Crippen LogP contribution in [0, 0.1) is 11.7 Å². The van der Waals surface area contributed by atoms with Gasteiger partial charge < -0.3 is 4.98 Å². The van der Waals surface area contributed by atoms with Crippen molar-refractivity contribution in [1.82, 2.24) is 19.3 Å². The van der Waals surface area contributed by atoms with Crippen molar-refractivity contribution in [1.29, 1.82) is 0 Å². The van der Waals surface area contributed by atoms with E-state index in [9.17, 15) is 0 Å². The molecule has 0 bridgehead atoms. The molecule has 21 heavy (non-hydrogen) atoms. The summed E-state index contributed by atoms with van der Waals surface area (Å²) in [6.07, 6.45) is 2.10. The molecule has 1 aromatic carbocycles. The number of imidazole rings is 1. The lowest BCUT2D eigenvalue weighted by Crippen LogP contribution is -2.09. The van der Waals surface area contributed by atoms with Gasteiger partial charge in [0, 0.05) is 13.1 Å². The normalized spacial score (nSPS) is 12.9. The van der Waals surface area contributed by atoms with E-state index in [-0.39, 0.29) is 0 Å². The van der Waals surface area contributed by atoms with Crippen molar-refractivity contribution < 1.29 is 0 Å². The van der Waals surface area contributed by atoms with Crippen molar-refractivity contribution in [2.75, 3.05) is 0 Å². The van der Waals surface area contributed by atoms with Crippen LogP contribution in [0.4, 0.5) is 0 Å². The Hall–Kier alpha value is -1.88. The van der Waals surface area contributed by atoms with Crippen LogP contribution in [0.25, 0.3) is 11.2 Å². The lowest BCUT2D eigenvalue weighted by Gasteiger charge is -2.14. The number of hydrogen-bond acceptors (Lipinski definition) is 2. The van der Waals surface area contributed by atoms with Crippen molar-refractivity contribution in [3.05, 3.63) is 46.4 Å². The molecule has 0 radical (unpaired) electrons. The maximum Gasteiger partial charge on any atom is 0.179 e. The summed E-state index contributed by atoms with van der Waals surface area (Å²) < 4.78 is 4.88. The van der Waals surface area contributed by atoms with Gasteiger partial charge in [0.25, 0.3) is 0 Å². The molecule has 3 aromatic rings. The summed E-state index contributed by atoms with van der Waals surface area (Å²) in [5, 5.41) is 4.47. The molecule has 5 heteroatoms. The van der Waals surface area contributed by atoms with Crippen molar-refractivity contribution in [2.24, 2.45) is 7.05 Å². The van der Waals surface area contributed by atoms with Crippen molar-refractivity contribution in [2.45, 2.75) is 32.7 Å². The van der Waals surface area contributed by atoms with Crippen LogP contribution in [-0.4, -0.2) is 19.3 Å². The molecule has 0 saturated carbocycles. The van der Waals surface area contributed by atoms with E-state index in [1.807, 2.05) is 18.7 Å². The Bertz CT molecular complexity index is 810. The summed E-state index contributed by atoms with van der Waals surface area (Å²) in [5.74, 6) is 0. The zero-order valence-corrected chi connectivity index (χ0v) is 13.4. The summed E-state index contributed by atoms with van der Waals surface area (Å²) in [6.45, 7) is 4.22. The van der Waals surface area contributed by atoms with Gasteiger partial charge in [0.15, 0.2) is 10.4 Å². The summed E-state index contributed by atoms with van der Waals surface area (Å²) in [6, 6.07) is 10.9. The number of aromatic amines is 1. The predicted molar refractivity (Wildman–Crippen MR) is 88.1 cm³/mol. The van der Waals surface area contributed by atoms with Gasteiger partial charge in [-0.15, -0.1) is 0 Å². The molecule has 1 N–H and O–H groups in total. The number of fused-ring (bicyclic) bond motifs is 1. The average molecular weight is 300 g/mol. The number of aromatic nitrogens is 4. The zero-order valence-electron chi connectivity index (χ0n) is 12.6. The fourth-order valence-corrected chi connectivity index (χ4v) is 3.26. The molecule has 0 spiro atoms. The number of aryl methyl sites for hydroxylation is 3. The standard InChI is InChI=1S/C16H20N4S/c1-11(9-10-13-7-5-4-6-8-13)20-15-14(17-16(20)21)12(2)18-19(15)3/h4-8,11H,9-10H2,1-3H3,(H,17,21). The summed E-state index contributed by atoms with van der Waals surface area (Å²) in [4.78, 5) is 3.29. The molecule has 0 aliphatic heterocycles. The van der Waals surface area contributed by atoms with Crippen molar-refractivity contribution in [3.63, 3.8) is 0 Å². The summed E-state index contributed by atoms with van der Waals surface area (Å²) in [7, 11) is 1.97. The van der Waals surface area contributed by atoms with E-state index < -0.39 is 0 Å². The topological polar surface area (TPSA) is 38.5 Å². The molecule has 4 nitrogen and oxygen atoms in total. The highest BCUT2D eigenvalue weighted by molar-refractivity contribution is 7.71. The van der Waals surface area contributed by atoms with Crippen LogP contribution >= 0.6 is 12.2 Å². The van der Waals surface area contributed by atoms with Gasteiger partial charge in [-0.05, 0) is 44.5 Å². The van der Waals surface area contributed by atoms with Gasteiger partial charge in [-0.25, -0.2) is 0 Å². The molecule has 1 unspecified atom stereocenters. The maximum atomic E-state index is 5.50. The Labute approximate surface area is 129 Å². The molecular formula is C16H20N4S. The minimum atomic E-state index is 0.334. The molecule has 3 rings (SSSR count). The zero-order chi connectivity index (χ0) is 15.0. The van der Waals surface area contributed by atoms with Crippen molar-refractivity contribution in [3.8, 4) is 0 Å². The van der Waals surface area contributed by atoms with E-state index >= 15 is 0 Å². The Morgan fingerprint density at radius 2 is 2.00 bits per heavy atom. The number of hydrogen-bond donors (Lipinski definition) is 1. The van der Waals surface area contributed by atoms with Gasteiger partial charge in [0.1, 0.15) is 5.52 Å². The first-order chi connectivity index (χ1) is 10.1. The van der Waals surface area contributed by atoms with E-state index in [4.69, 9.17) is 12.2 Å². The Balaban J connectivity index is 1.89. The third-order valence-electron chi connectivity index (χ3n) is 4.01. The lowest BCUT2D eigenvalue weighted by molar-refractivity contribution is 0.503. The molecule has 0 saturated heterocycles. The minimum Gasteiger partial charge on any atom is -0.328 e. The van der Waals surface area contributed by atoms with Crippen LogP contribution in [0.3, 0.4) is 0 Å². The van der Waals surface area contributed by atoms with E-state index in [0.29, 0.717) is 6.04 Å². The van der Waals surface area contributed by atoms with Gasteiger partial charge in [-0.1, -0.05) is 30.3 Å². The molecule has 0 amide bonds. The molecule has 110 valence electrons. The van der Waals surface area contributed by atoms with E-state index in [1.54, 1.807) is 0 Å². The molecule has 0 fully saturated rings. The second kappa shape index (κ2) is 5.48. The van der Waals surface area contributed by atoms with Crippen LogP contribution in [0.5, 0.6) is 0 Å². The molecule has 2 heterocycles. The number of nitrogens with one attached hydrogen (secondary N) is 1. The maximum absolute atomic E-state index is 5.50. The highest BCUT2D eigenvalue weighted by atomic mass is 32.1. The number of nitrogens with zero attached hydrogens (tertiary/aromatic N) is 3. The molecule has 1 atom stereocenters. The SMILES string of the molecule is Cc1nn(C)c2c1[nH]c(=S)n2C(C)CCc1ccccc1. The Morgan fingerprint density at radius 1 is 1.29 bits per heavy atom. The third kappa shape index (κ3) is 2.53. The molecule has 0 aliphatic rings. The second-order valence-corrected chi connectivity index (χ2v) is 5.97.